The normalized spacial score (nSPS) is 11.3. The smallest absolute Gasteiger partial charge is 0.345 e. The molecule has 4 aromatic rings. The molecular formula is C19H17N3O3S. The van der Waals surface area contributed by atoms with Crippen LogP contribution in [-0.2, 0) is 11.3 Å². The Morgan fingerprint density at radius 2 is 2.08 bits per heavy atom. The first kappa shape index (κ1) is 16.6. The third kappa shape index (κ3) is 2.91. The lowest BCUT2D eigenvalue weighted by atomic mass is 10.1. The van der Waals surface area contributed by atoms with Gasteiger partial charge in [0.15, 0.2) is 0 Å². The second-order valence-electron chi connectivity index (χ2n) is 5.86. The molecule has 0 aliphatic rings. The molecular weight excluding hydrogens is 350 g/mol. The number of hydrogen-bond donors (Lipinski definition) is 1. The number of carboxylic acids is 1. The first-order chi connectivity index (χ1) is 12.7. The Labute approximate surface area is 153 Å². The number of nitrogens with zero attached hydrogens (tertiary/aromatic N) is 3. The number of benzene rings is 1. The van der Waals surface area contributed by atoms with E-state index in [4.69, 9.17) is 4.74 Å². The second kappa shape index (κ2) is 6.78. The Balaban J connectivity index is 1.77. The number of methoxy groups -OCH3 is 1. The summed E-state index contributed by atoms with van der Waals surface area (Å²) < 4.78 is 10.3. The lowest BCUT2D eigenvalue weighted by Crippen LogP contribution is -2.05. The fraction of sp³-hybridized carbons (Fsp3) is 0.158. The molecule has 3 heterocycles. The number of rotatable bonds is 6. The van der Waals surface area contributed by atoms with E-state index in [0.29, 0.717) is 18.0 Å². The number of ether oxygens (including phenoxy) is 1. The second-order valence-corrected chi connectivity index (χ2v) is 6.94. The van der Waals surface area contributed by atoms with Crippen LogP contribution in [0.15, 0.2) is 55.1 Å². The van der Waals surface area contributed by atoms with Crippen molar-refractivity contribution in [2.24, 2.45) is 0 Å². The molecule has 0 spiro atoms. The molecule has 0 aliphatic carbocycles. The molecule has 6 nitrogen and oxygen atoms in total. The Morgan fingerprint density at radius 1 is 1.27 bits per heavy atom. The molecule has 1 N–H and O–H groups in total. The molecule has 0 bridgehead atoms. The van der Waals surface area contributed by atoms with Gasteiger partial charge in [0.25, 0.3) is 0 Å². The number of fused-ring (bicyclic) bond motifs is 1. The predicted octanol–water partition coefficient (Wildman–Crippen LogP) is 3.90. The van der Waals surface area contributed by atoms with E-state index in [1.165, 1.54) is 11.3 Å². The monoisotopic (exact) mass is 367 g/mol. The van der Waals surface area contributed by atoms with Crippen LogP contribution in [0.25, 0.3) is 27.2 Å². The molecule has 0 fully saturated rings. The largest absolute Gasteiger partial charge is 0.477 e. The molecule has 1 aromatic carbocycles. The molecule has 0 saturated carbocycles. The highest BCUT2D eigenvalue weighted by molar-refractivity contribution is 7.20. The molecule has 3 aromatic heterocycles. The summed E-state index contributed by atoms with van der Waals surface area (Å²) in [6.45, 7) is 1.22. The SMILES string of the molecule is COCCn1c(-c2ccc(-n3ccnc3)cc2)cc2sc(C(=O)O)cc21. The highest BCUT2D eigenvalue weighted by Crippen LogP contribution is 2.34. The highest BCUT2D eigenvalue weighted by Gasteiger charge is 2.16. The standard InChI is InChI=1S/C19H17N3O3S/c1-25-9-8-22-15(10-17-16(22)11-18(26-17)19(23)24)13-2-4-14(5-3-13)21-7-6-20-12-21/h2-7,10-12H,8-9H2,1H3,(H,23,24). The number of hydrogen-bond acceptors (Lipinski definition) is 4. The molecule has 26 heavy (non-hydrogen) atoms. The van der Waals surface area contributed by atoms with Gasteiger partial charge >= 0.3 is 5.97 Å². The summed E-state index contributed by atoms with van der Waals surface area (Å²) in [6, 6.07) is 12.0. The summed E-state index contributed by atoms with van der Waals surface area (Å²) in [7, 11) is 1.66. The lowest BCUT2D eigenvalue weighted by Gasteiger charge is -2.11. The van der Waals surface area contributed by atoms with Crippen molar-refractivity contribution >= 4 is 27.5 Å². The van der Waals surface area contributed by atoms with Crippen molar-refractivity contribution < 1.29 is 14.6 Å². The zero-order valence-electron chi connectivity index (χ0n) is 14.1. The van der Waals surface area contributed by atoms with E-state index in [1.54, 1.807) is 25.7 Å². The third-order valence-electron chi connectivity index (χ3n) is 4.29. The number of imidazole rings is 1. The van der Waals surface area contributed by atoms with Gasteiger partial charge in [0.1, 0.15) is 4.88 Å². The van der Waals surface area contributed by atoms with Crippen LogP contribution in [-0.4, -0.2) is 38.9 Å². The molecule has 132 valence electrons. The molecule has 0 atom stereocenters. The van der Waals surface area contributed by atoms with Crippen molar-refractivity contribution in [1.82, 2.24) is 14.1 Å². The van der Waals surface area contributed by atoms with Crippen LogP contribution < -0.4 is 0 Å². The van der Waals surface area contributed by atoms with E-state index >= 15 is 0 Å². The van der Waals surface area contributed by atoms with Gasteiger partial charge in [-0.25, -0.2) is 9.78 Å². The number of aromatic carboxylic acids is 1. The van der Waals surface area contributed by atoms with Crippen molar-refractivity contribution in [2.45, 2.75) is 6.54 Å². The van der Waals surface area contributed by atoms with Gasteiger partial charge in [0.05, 0.1) is 28.8 Å². The summed E-state index contributed by atoms with van der Waals surface area (Å²) >= 11 is 1.30. The van der Waals surface area contributed by atoms with Crippen molar-refractivity contribution in [3.8, 4) is 16.9 Å². The minimum Gasteiger partial charge on any atom is -0.477 e. The molecule has 0 saturated heterocycles. The summed E-state index contributed by atoms with van der Waals surface area (Å²) in [5, 5.41) is 9.25. The van der Waals surface area contributed by atoms with Gasteiger partial charge in [0, 0.05) is 31.7 Å². The summed E-state index contributed by atoms with van der Waals surface area (Å²) in [6.07, 6.45) is 5.41. The van der Waals surface area contributed by atoms with E-state index in [9.17, 15) is 9.90 Å². The van der Waals surface area contributed by atoms with Crippen LogP contribution in [0.2, 0.25) is 0 Å². The Hall–Kier alpha value is -2.90. The first-order valence-corrected chi connectivity index (χ1v) is 8.93. The lowest BCUT2D eigenvalue weighted by molar-refractivity contribution is 0.0702. The van der Waals surface area contributed by atoms with Gasteiger partial charge in [0.2, 0.25) is 0 Å². The van der Waals surface area contributed by atoms with E-state index in [2.05, 4.69) is 21.7 Å². The van der Waals surface area contributed by atoms with Gasteiger partial charge in [-0.1, -0.05) is 12.1 Å². The van der Waals surface area contributed by atoms with Crippen molar-refractivity contribution in [3.63, 3.8) is 0 Å². The number of carbonyl (C=O) groups is 1. The predicted molar refractivity (Wildman–Crippen MR) is 101 cm³/mol. The Kier molecular flexibility index (Phi) is 4.32. The van der Waals surface area contributed by atoms with Crippen LogP contribution in [0.3, 0.4) is 0 Å². The summed E-state index contributed by atoms with van der Waals surface area (Å²) in [4.78, 5) is 15.7. The topological polar surface area (TPSA) is 69.3 Å². The molecule has 0 aliphatic heterocycles. The van der Waals surface area contributed by atoms with Crippen LogP contribution in [0.5, 0.6) is 0 Å². The number of carboxylic acid groups (broad SMARTS) is 1. The summed E-state index contributed by atoms with van der Waals surface area (Å²) in [5.41, 5.74) is 4.09. The molecule has 4 rings (SSSR count). The fourth-order valence-corrected chi connectivity index (χ4v) is 3.96. The average Bonchev–Trinajstić information content (AvgIpc) is 3.36. The van der Waals surface area contributed by atoms with E-state index in [1.807, 2.05) is 29.0 Å². The first-order valence-electron chi connectivity index (χ1n) is 8.11. The molecule has 0 unspecified atom stereocenters. The van der Waals surface area contributed by atoms with Gasteiger partial charge in [-0.3, -0.25) is 0 Å². The maximum atomic E-state index is 11.3. The minimum atomic E-state index is -0.893. The number of aromatic nitrogens is 3. The van der Waals surface area contributed by atoms with Crippen LogP contribution in [0.4, 0.5) is 0 Å². The van der Waals surface area contributed by atoms with E-state index < -0.39 is 5.97 Å². The van der Waals surface area contributed by atoms with Crippen molar-refractivity contribution in [3.05, 3.63) is 60.0 Å². The maximum Gasteiger partial charge on any atom is 0.345 e. The quantitative estimate of drug-likeness (QED) is 0.561. The zero-order chi connectivity index (χ0) is 18.1. The maximum absolute atomic E-state index is 11.3. The van der Waals surface area contributed by atoms with Crippen molar-refractivity contribution in [1.29, 1.82) is 0 Å². The minimum absolute atomic E-state index is 0.350. The molecule has 0 radical (unpaired) electrons. The molecule has 0 amide bonds. The van der Waals surface area contributed by atoms with Crippen molar-refractivity contribution in [2.75, 3.05) is 13.7 Å². The van der Waals surface area contributed by atoms with Crippen LogP contribution >= 0.6 is 11.3 Å². The molecule has 7 heteroatoms. The fourth-order valence-electron chi connectivity index (χ4n) is 3.03. The van der Waals surface area contributed by atoms with Crippen LogP contribution in [0, 0.1) is 0 Å². The van der Waals surface area contributed by atoms with E-state index in [-0.39, 0.29) is 0 Å². The zero-order valence-corrected chi connectivity index (χ0v) is 14.9. The van der Waals surface area contributed by atoms with Gasteiger partial charge in [-0.15, -0.1) is 11.3 Å². The van der Waals surface area contributed by atoms with Crippen LogP contribution in [0.1, 0.15) is 9.67 Å². The van der Waals surface area contributed by atoms with Gasteiger partial charge in [-0.05, 0) is 29.8 Å². The number of thiophene rings is 1. The average molecular weight is 367 g/mol. The highest BCUT2D eigenvalue weighted by atomic mass is 32.1. The Bertz CT molecular complexity index is 1050. The van der Waals surface area contributed by atoms with E-state index in [0.717, 1.165) is 27.2 Å². The third-order valence-corrected chi connectivity index (χ3v) is 5.34. The van der Waals surface area contributed by atoms with Gasteiger partial charge in [-0.2, -0.15) is 0 Å². The van der Waals surface area contributed by atoms with Gasteiger partial charge < -0.3 is 19.0 Å². The Morgan fingerprint density at radius 3 is 2.73 bits per heavy atom. The summed E-state index contributed by atoms with van der Waals surface area (Å²) in [5.74, 6) is -0.893.